The van der Waals surface area contributed by atoms with Gasteiger partial charge in [0.25, 0.3) is 0 Å². The fourth-order valence-corrected chi connectivity index (χ4v) is 5.46. The van der Waals surface area contributed by atoms with Gasteiger partial charge in [0.05, 0.1) is 6.61 Å². The van der Waals surface area contributed by atoms with Gasteiger partial charge >= 0.3 is 0 Å². The van der Waals surface area contributed by atoms with E-state index in [-0.39, 0.29) is 5.75 Å². The number of rotatable bonds is 9. The largest absolute Gasteiger partial charge is 0.490 e. The molecule has 2 fully saturated rings. The Bertz CT molecular complexity index is 617. The Balaban J connectivity index is 1.34. The molecule has 0 spiro atoms. The van der Waals surface area contributed by atoms with Gasteiger partial charge in [0, 0.05) is 0 Å². The summed E-state index contributed by atoms with van der Waals surface area (Å²) in [5.74, 6) is -0.973. The van der Waals surface area contributed by atoms with Crippen molar-refractivity contribution in [3.05, 3.63) is 29.6 Å². The van der Waals surface area contributed by atoms with Crippen molar-refractivity contribution in [2.45, 2.75) is 90.4 Å². The Morgan fingerprint density at radius 2 is 1.38 bits per heavy atom. The van der Waals surface area contributed by atoms with Crippen molar-refractivity contribution in [2.75, 3.05) is 6.61 Å². The molecule has 0 aliphatic heterocycles. The Morgan fingerprint density at radius 1 is 0.759 bits per heavy atom. The highest BCUT2D eigenvalue weighted by molar-refractivity contribution is 5.26. The highest BCUT2D eigenvalue weighted by Gasteiger charge is 2.31. The van der Waals surface area contributed by atoms with Gasteiger partial charge in [-0.15, -0.1) is 0 Å². The maximum Gasteiger partial charge on any atom is 0.203 e. The molecule has 0 amide bonds. The Labute approximate surface area is 174 Å². The van der Waals surface area contributed by atoms with Gasteiger partial charge in [0.1, 0.15) is 0 Å². The summed E-state index contributed by atoms with van der Waals surface area (Å²) in [7, 11) is 0. The van der Waals surface area contributed by atoms with Crippen LogP contribution in [0.5, 0.6) is 5.75 Å². The van der Waals surface area contributed by atoms with Crippen molar-refractivity contribution >= 4 is 0 Å². The van der Waals surface area contributed by atoms with Crippen molar-refractivity contribution in [2.24, 2.45) is 23.7 Å². The first-order valence-electron chi connectivity index (χ1n) is 11.8. The second-order valence-corrected chi connectivity index (χ2v) is 9.40. The molecule has 0 N–H and O–H groups in total. The molecular formula is C25H37F3O. The summed E-state index contributed by atoms with van der Waals surface area (Å²) in [4.78, 5) is 0. The second kappa shape index (κ2) is 11.3. The van der Waals surface area contributed by atoms with E-state index in [2.05, 4.69) is 6.92 Å². The average Bonchev–Trinajstić information content (AvgIpc) is 2.75. The van der Waals surface area contributed by atoms with Gasteiger partial charge in [-0.2, -0.15) is 4.39 Å². The molecule has 29 heavy (non-hydrogen) atoms. The summed E-state index contributed by atoms with van der Waals surface area (Å²) < 4.78 is 45.5. The number of ether oxygens (including phenoxy) is 1. The summed E-state index contributed by atoms with van der Waals surface area (Å²) >= 11 is 0. The maximum absolute atomic E-state index is 13.7. The molecule has 2 aliphatic carbocycles. The van der Waals surface area contributed by atoms with Crippen molar-refractivity contribution in [1.29, 1.82) is 0 Å². The highest BCUT2D eigenvalue weighted by atomic mass is 19.2. The zero-order valence-electron chi connectivity index (χ0n) is 17.9. The van der Waals surface area contributed by atoms with Crippen LogP contribution in [0.15, 0.2) is 12.1 Å². The van der Waals surface area contributed by atoms with E-state index in [1.165, 1.54) is 76.7 Å². The van der Waals surface area contributed by atoms with Gasteiger partial charge < -0.3 is 4.74 Å². The number of benzene rings is 1. The molecule has 0 heterocycles. The SMILES string of the molecule is CCCCCC[C@H]1CC[C@H](C2CCC(COc3ccc(F)c(F)c3F)CC2)CC1. The van der Waals surface area contributed by atoms with E-state index in [4.69, 9.17) is 4.74 Å². The van der Waals surface area contributed by atoms with Gasteiger partial charge in [-0.05, 0) is 74.3 Å². The monoisotopic (exact) mass is 410 g/mol. The molecule has 1 nitrogen and oxygen atoms in total. The summed E-state index contributed by atoms with van der Waals surface area (Å²) in [5.41, 5.74) is 0. The van der Waals surface area contributed by atoms with Crippen LogP contribution in [-0.2, 0) is 0 Å². The molecule has 0 unspecified atom stereocenters. The van der Waals surface area contributed by atoms with Crippen LogP contribution in [-0.4, -0.2) is 6.61 Å². The number of hydrogen-bond acceptors (Lipinski definition) is 1. The Kier molecular flexibility index (Phi) is 8.74. The molecule has 0 saturated heterocycles. The lowest BCUT2D eigenvalue weighted by atomic mass is 9.69. The predicted molar refractivity (Wildman–Crippen MR) is 111 cm³/mol. The molecule has 4 heteroatoms. The van der Waals surface area contributed by atoms with E-state index in [0.717, 1.165) is 36.7 Å². The van der Waals surface area contributed by atoms with Crippen molar-refractivity contribution in [1.82, 2.24) is 0 Å². The molecule has 0 atom stereocenters. The van der Waals surface area contributed by atoms with Gasteiger partial charge in [-0.3, -0.25) is 0 Å². The average molecular weight is 411 g/mol. The zero-order valence-corrected chi connectivity index (χ0v) is 17.9. The number of hydrogen-bond donors (Lipinski definition) is 0. The first-order chi connectivity index (χ1) is 14.1. The third-order valence-electron chi connectivity index (χ3n) is 7.39. The first-order valence-corrected chi connectivity index (χ1v) is 11.8. The first kappa shape index (κ1) is 22.5. The van der Waals surface area contributed by atoms with Gasteiger partial charge in [0.2, 0.25) is 5.82 Å². The van der Waals surface area contributed by atoms with Crippen LogP contribution in [0.25, 0.3) is 0 Å². The van der Waals surface area contributed by atoms with Crippen LogP contribution >= 0.6 is 0 Å². The quantitative estimate of drug-likeness (QED) is 0.295. The van der Waals surface area contributed by atoms with Crippen LogP contribution in [0.2, 0.25) is 0 Å². The van der Waals surface area contributed by atoms with Gasteiger partial charge in [-0.1, -0.05) is 51.9 Å². The molecular weight excluding hydrogens is 373 g/mol. The number of unbranched alkanes of at least 4 members (excludes halogenated alkanes) is 3. The Hall–Kier alpha value is -1.19. The minimum Gasteiger partial charge on any atom is -0.490 e. The molecule has 0 bridgehead atoms. The van der Waals surface area contributed by atoms with E-state index in [9.17, 15) is 13.2 Å². The zero-order chi connectivity index (χ0) is 20.6. The lowest BCUT2D eigenvalue weighted by Crippen LogP contribution is -2.27. The van der Waals surface area contributed by atoms with Crippen molar-refractivity contribution < 1.29 is 17.9 Å². The third-order valence-corrected chi connectivity index (χ3v) is 7.39. The van der Waals surface area contributed by atoms with Crippen LogP contribution in [0.3, 0.4) is 0 Å². The predicted octanol–water partition coefficient (Wildman–Crippen LogP) is 8.07. The lowest BCUT2D eigenvalue weighted by Gasteiger charge is -2.38. The summed E-state index contributed by atoms with van der Waals surface area (Å²) in [5, 5.41) is 0. The lowest BCUT2D eigenvalue weighted by molar-refractivity contribution is 0.120. The normalized spacial score (nSPS) is 27.7. The fourth-order valence-electron chi connectivity index (χ4n) is 5.46. The van der Waals surface area contributed by atoms with E-state index >= 15 is 0 Å². The van der Waals surface area contributed by atoms with E-state index in [1.54, 1.807) is 0 Å². The molecule has 1 aromatic rings. The summed E-state index contributed by atoms with van der Waals surface area (Å²) in [6.07, 6.45) is 17.2. The molecule has 0 aromatic heterocycles. The standard InChI is InChI=1S/C25H37F3O/c1-2-3-4-5-6-18-7-11-20(12-8-18)21-13-9-19(10-14-21)17-29-23-16-15-22(26)24(27)25(23)28/h15-16,18-21H,2-14,17H2,1H3/t18-,19?,20-,21?. The smallest absolute Gasteiger partial charge is 0.203 e. The van der Waals surface area contributed by atoms with E-state index < -0.39 is 17.5 Å². The minimum absolute atomic E-state index is 0.178. The summed E-state index contributed by atoms with van der Waals surface area (Å²) in [6.45, 7) is 2.66. The third kappa shape index (κ3) is 6.39. The summed E-state index contributed by atoms with van der Waals surface area (Å²) in [6, 6.07) is 2.10. The Morgan fingerprint density at radius 3 is 2.00 bits per heavy atom. The molecule has 0 radical (unpaired) electrons. The molecule has 3 rings (SSSR count). The van der Waals surface area contributed by atoms with E-state index in [1.807, 2.05) is 0 Å². The minimum atomic E-state index is -1.45. The molecule has 2 aliphatic rings. The van der Waals surface area contributed by atoms with Crippen molar-refractivity contribution in [3.8, 4) is 5.75 Å². The van der Waals surface area contributed by atoms with Crippen LogP contribution in [0, 0.1) is 41.1 Å². The molecule has 2 saturated carbocycles. The molecule has 164 valence electrons. The van der Waals surface area contributed by atoms with Crippen LogP contribution < -0.4 is 4.74 Å². The van der Waals surface area contributed by atoms with Gasteiger partial charge in [0.15, 0.2) is 17.4 Å². The van der Waals surface area contributed by atoms with Gasteiger partial charge in [-0.25, -0.2) is 8.78 Å². The van der Waals surface area contributed by atoms with Crippen LogP contribution in [0.1, 0.15) is 90.4 Å². The number of halogens is 3. The van der Waals surface area contributed by atoms with E-state index in [0.29, 0.717) is 12.5 Å². The van der Waals surface area contributed by atoms with Crippen molar-refractivity contribution in [3.63, 3.8) is 0 Å². The highest BCUT2D eigenvalue weighted by Crippen LogP contribution is 2.42. The van der Waals surface area contributed by atoms with Crippen LogP contribution in [0.4, 0.5) is 13.2 Å². The second-order valence-electron chi connectivity index (χ2n) is 9.40. The fraction of sp³-hybridized carbons (Fsp3) is 0.760. The molecule has 1 aromatic carbocycles. The maximum atomic E-state index is 13.7. The topological polar surface area (TPSA) is 9.23 Å².